The van der Waals surface area contributed by atoms with Crippen molar-refractivity contribution < 1.29 is 18.7 Å². The number of benzene rings is 3. The van der Waals surface area contributed by atoms with E-state index in [2.05, 4.69) is 5.32 Å². The summed E-state index contributed by atoms with van der Waals surface area (Å²) in [7, 11) is 1.57. The van der Waals surface area contributed by atoms with Gasteiger partial charge < -0.3 is 10.1 Å². The summed E-state index contributed by atoms with van der Waals surface area (Å²) in [4.78, 5) is 27.8. The molecular weight excluding hydrogens is 395 g/mol. The van der Waals surface area contributed by atoms with Crippen LogP contribution in [0.1, 0.15) is 16.7 Å². The molecule has 3 aromatic rings. The van der Waals surface area contributed by atoms with E-state index in [1.807, 2.05) is 32.0 Å². The quantitative estimate of drug-likeness (QED) is 0.604. The van der Waals surface area contributed by atoms with E-state index < -0.39 is 17.6 Å². The van der Waals surface area contributed by atoms with Crippen LogP contribution in [0.3, 0.4) is 0 Å². The highest BCUT2D eigenvalue weighted by Gasteiger charge is 2.40. The summed E-state index contributed by atoms with van der Waals surface area (Å²) in [6, 6.07) is 18.1. The van der Waals surface area contributed by atoms with Crippen molar-refractivity contribution in [2.24, 2.45) is 0 Å². The molecule has 0 saturated carbocycles. The Balaban J connectivity index is 1.83. The summed E-state index contributed by atoms with van der Waals surface area (Å²) in [6.07, 6.45) is 0. The number of methoxy groups -OCH3 is 1. The van der Waals surface area contributed by atoms with Crippen molar-refractivity contribution in [1.29, 1.82) is 0 Å². The van der Waals surface area contributed by atoms with Crippen LogP contribution in [0.25, 0.3) is 5.57 Å². The number of amides is 2. The molecule has 0 atom stereocenters. The summed E-state index contributed by atoms with van der Waals surface area (Å²) in [5.74, 6) is -0.896. The van der Waals surface area contributed by atoms with Crippen molar-refractivity contribution in [2.45, 2.75) is 13.8 Å². The SMILES string of the molecule is COc1ccc(NC2=C(c3ccc(C)cc3C)C(=O)N(c3cccc(F)c3)C2=O)cc1. The molecule has 0 bridgehead atoms. The van der Waals surface area contributed by atoms with Gasteiger partial charge >= 0.3 is 0 Å². The van der Waals surface area contributed by atoms with Gasteiger partial charge in [0.1, 0.15) is 17.3 Å². The van der Waals surface area contributed by atoms with Crippen molar-refractivity contribution in [3.8, 4) is 5.75 Å². The molecule has 6 heteroatoms. The number of nitrogens with one attached hydrogen (secondary N) is 1. The molecule has 4 rings (SSSR count). The van der Waals surface area contributed by atoms with Crippen LogP contribution < -0.4 is 15.0 Å². The van der Waals surface area contributed by atoms with Crippen LogP contribution in [0.15, 0.2) is 72.4 Å². The summed E-state index contributed by atoms with van der Waals surface area (Å²) in [5, 5.41) is 3.10. The molecule has 0 fully saturated rings. The number of halogens is 1. The van der Waals surface area contributed by atoms with Gasteiger partial charge in [0.25, 0.3) is 11.8 Å². The summed E-state index contributed by atoms with van der Waals surface area (Å²) >= 11 is 0. The molecular formula is C25H21FN2O3. The number of hydrogen-bond donors (Lipinski definition) is 1. The van der Waals surface area contributed by atoms with Gasteiger partial charge in [-0.3, -0.25) is 9.59 Å². The van der Waals surface area contributed by atoms with Crippen molar-refractivity contribution in [2.75, 3.05) is 17.3 Å². The fraction of sp³-hybridized carbons (Fsp3) is 0.120. The van der Waals surface area contributed by atoms with E-state index in [9.17, 15) is 14.0 Å². The number of carbonyl (C=O) groups excluding carboxylic acids is 2. The van der Waals surface area contributed by atoms with Gasteiger partial charge in [0.2, 0.25) is 0 Å². The molecule has 1 heterocycles. The first-order valence-electron chi connectivity index (χ1n) is 9.76. The Morgan fingerprint density at radius 1 is 0.903 bits per heavy atom. The van der Waals surface area contributed by atoms with E-state index in [1.165, 1.54) is 24.3 Å². The molecule has 2 amide bonds. The maximum atomic E-state index is 13.8. The first kappa shape index (κ1) is 20.3. The van der Waals surface area contributed by atoms with Crippen molar-refractivity contribution in [3.63, 3.8) is 0 Å². The highest BCUT2D eigenvalue weighted by atomic mass is 19.1. The average molecular weight is 416 g/mol. The van der Waals surface area contributed by atoms with Gasteiger partial charge in [-0.2, -0.15) is 0 Å². The number of ether oxygens (including phenoxy) is 1. The molecule has 1 aliphatic heterocycles. The largest absolute Gasteiger partial charge is 0.497 e. The summed E-state index contributed by atoms with van der Waals surface area (Å²) in [5.41, 5.74) is 3.77. The molecule has 0 saturated heterocycles. The lowest BCUT2D eigenvalue weighted by atomic mass is 9.97. The van der Waals surface area contributed by atoms with E-state index >= 15 is 0 Å². The standard InChI is InChI=1S/C25H21FN2O3/c1-15-7-12-21(16(2)13-15)22-23(27-18-8-10-20(31-3)11-9-18)25(30)28(24(22)29)19-6-4-5-17(26)14-19/h4-14,27H,1-3H3. The van der Waals surface area contributed by atoms with Crippen molar-refractivity contribution in [1.82, 2.24) is 0 Å². The fourth-order valence-corrected chi connectivity index (χ4v) is 3.66. The maximum Gasteiger partial charge on any atom is 0.282 e. The highest BCUT2D eigenvalue weighted by Crippen LogP contribution is 2.35. The van der Waals surface area contributed by atoms with Crippen molar-refractivity contribution in [3.05, 3.63) is 94.9 Å². The van der Waals surface area contributed by atoms with E-state index in [0.717, 1.165) is 16.0 Å². The molecule has 1 N–H and O–H groups in total. The molecule has 156 valence electrons. The van der Waals surface area contributed by atoms with E-state index in [1.54, 1.807) is 31.4 Å². The Labute approximate surface area is 179 Å². The van der Waals surface area contributed by atoms with Crippen molar-refractivity contribution >= 4 is 28.8 Å². The Hall–Kier alpha value is -3.93. The van der Waals surface area contributed by atoms with Gasteiger partial charge in [-0.1, -0.05) is 29.8 Å². The predicted octanol–water partition coefficient (Wildman–Crippen LogP) is 4.85. The van der Waals surface area contributed by atoms with Crippen LogP contribution in [0.4, 0.5) is 15.8 Å². The van der Waals surface area contributed by atoms with E-state index in [4.69, 9.17) is 4.74 Å². The minimum Gasteiger partial charge on any atom is -0.497 e. The third kappa shape index (κ3) is 3.80. The number of aryl methyl sites for hydroxylation is 2. The Bertz CT molecular complexity index is 1220. The molecule has 0 aromatic heterocycles. The molecule has 5 nitrogen and oxygen atoms in total. The second-order valence-corrected chi connectivity index (χ2v) is 7.35. The van der Waals surface area contributed by atoms with Gasteiger partial charge in [-0.25, -0.2) is 9.29 Å². The molecule has 0 aliphatic carbocycles. The summed E-state index contributed by atoms with van der Waals surface area (Å²) in [6.45, 7) is 3.85. The highest BCUT2D eigenvalue weighted by molar-refractivity contribution is 6.46. The van der Waals surface area contributed by atoms with E-state index in [0.29, 0.717) is 17.0 Å². The van der Waals surface area contributed by atoms with Gasteiger partial charge in [-0.15, -0.1) is 0 Å². The molecule has 0 unspecified atom stereocenters. The maximum absolute atomic E-state index is 13.8. The minimum absolute atomic E-state index is 0.145. The smallest absolute Gasteiger partial charge is 0.282 e. The minimum atomic E-state index is -0.540. The van der Waals surface area contributed by atoms with Crippen LogP contribution in [-0.2, 0) is 9.59 Å². The summed E-state index contributed by atoms with van der Waals surface area (Å²) < 4.78 is 19.0. The Morgan fingerprint density at radius 3 is 2.29 bits per heavy atom. The Kier molecular flexibility index (Phi) is 5.29. The van der Waals surface area contributed by atoms with Crippen LogP contribution in [0.2, 0.25) is 0 Å². The number of hydrogen-bond acceptors (Lipinski definition) is 4. The Morgan fingerprint density at radius 2 is 1.65 bits per heavy atom. The first-order valence-corrected chi connectivity index (χ1v) is 9.76. The molecule has 0 spiro atoms. The van der Waals surface area contributed by atoms with Crippen LogP contribution in [-0.4, -0.2) is 18.9 Å². The third-order valence-electron chi connectivity index (χ3n) is 5.16. The van der Waals surface area contributed by atoms with Gasteiger partial charge in [-0.05, 0) is 67.4 Å². The molecule has 0 radical (unpaired) electrons. The normalized spacial score (nSPS) is 13.7. The molecule has 1 aliphatic rings. The van der Waals surface area contributed by atoms with Gasteiger partial charge in [0.15, 0.2) is 0 Å². The number of nitrogens with zero attached hydrogens (tertiary/aromatic N) is 1. The fourth-order valence-electron chi connectivity index (χ4n) is 3.66. The zero-order valence-electron chi connectivity index (χ0n) is 17.4. The number of imide groups is 1. The van der Waals surface area contributed by atoms with Gasteiger partial charge in [0.05, 0.1) is 18.4 Å². The number of rotatable bonds is 5. The second-order valence-electron chi connectivity index (χ2n) is 7.35. The lowest BCUT2D eigenvalue weighted by Gasteiger charge is -2.15. The average Bonchev–Trinajstić information content (AvgIpc) is 2.98. The van der Waals surface area contributed by atoms with Gasteiger partial charge in [0, 0.05) is 5.69 Å². The number of anilines is 2. The zero-order chi connectivity index (χ0) is 22.1. The third-order valence-corrected chi connectivity index (χ3v) is 5.16. The lowest BCUT2D eigenvalue weighted by Crippen LogP contribution is -2.32. The predicted molar refractivity (Wildman–Crippen MR) is 118 cm³/mol. The number of carbonyl (C=O) groups is 2. The van der Waals surface area contributed by atoms with Crippen LogP contribution in [0, 0.1) is 19.7 Å². The zero-order valence-corrected chi connectivity index (χ0v) is 17.4. The first-order chi connectivity index (χ1) is 14.9. The van der Waals surface area contributed by atoms with Crippen LogP contribution in [0.5, 0.6) is 5.75 Å². The second kappa shape index (κ2) is 8.07. The topological polar surface area (TPSA) is 58.6 Å². The van der Waals surface area contributed by atoms with E-state index in [-0.39, 0.29) is 17.0 Å². The lowest BCUT2D eigenvalue weighted by molar-refractivity contribution is -0.120. The molecule has 3 aromatic carbocycles. The monoisotopic (exact) mass is 416 g/mol. The molecule has 31 heavy (non-hydrogen) atoms. The van der Waals surface area contributed by atoms with Crippen LogP contribution >= 0.6 is 0 Å².